The van der Waals surface area contributed by atoms with Crippen LogP contribution in [0.5, 0.6) is 11.5 Å². The zero-order valence-corrected chi connectivity index (χ0v) is 17.0. The molecule has 4 nitrogen and oxygen atoms in total. The summed E-state index contributed by atoms with van der Waals surface area (Å²) in [5.74, 6) is 2.04. The molecule has 1 saturated carbocycles. The van der Waals surface area contributed by atoms with Crippen LogP contribution in [0.4, 0.5) is 0 Å². The Bertz CT molecular complexity index is 917. The van der Waals surface area contributed by atoms with E-state index < -0.39 is 0 Å². The molecule has 2 atom stereocenters. The first-order valence-corrected chi connectivity index (χ1v) is 9.97. The van der Waals surface area contributed by atoms with Gasteiger partial charge in [-0.05, 0) is 78.5 Å². The van der Waals surface area contributed by atoms with Crippen LogP contribution in [0, 0.1) is 5.92 Å². The van der Waals surface area contributed by atoms with Gasteiger partial charge in [-0.1, -0.05) is 24.3 Å². The molecule has 4 rings (SSSR count). The molecule has 1 N–H and O–H groups in total. The molecule has 2 aliphatic rings. The molecule has 1 aliphatic heterocycles. The monoisotopic (exact) mass is 392 g/mol. The molecule has 0 amide bonds. The number of fused-ring (bicyclic) bond motifs is 1. The molecule has 0 saturated heterocycles. The highest BCUT2D eigenvalue weighted by Gasteiger charge is 2.36. The zero-order chi connectivity index (χ0) is 19.5. The average Bonchev–Trinajstić information content (AvgIpc) is 2.74. The number of aliphatic imine (C=N–C) groups is 1. The van der Waals surface area contributed by atoms with Crippen molar-refractivity contribution in [2.24, 2.45) is 10.9 Å². The summed E-state index contributed by atoms with van der Waals surface area (Å²) in [6.07, 6.45) is 5.51. The Kier molecular flexibility index (Phi) is 5.44. The van der Waals surface area contributed by atoms with Crippen molar-refractivity contribution >= 4 is 29.1 Å². The molecule has 2 unspecified atom stereocenters. The van der Waals surface area contributed by atoms with Gasteiger partial charge >= 0.3 is 0 Å². The maximum absolute atomic E-state index is 5.48. The van der Waals surface area contributed by atoms with Gasteiger partial charge in [-0.15, -0.1) is 0 Å². The number of ether oxygens (including phenoxy) is 2. The maximum atomic E-state index is 5.48. The number of methoxy groups -OCH3 is 2. The molecule has 1 heterocycles. The van der Waals surface area contributed by atoms with Crippen LogP contribution in [0.25, 0.3) is 6.08 Å². The molecule has 0 spiro atoms. The van der Waals surface area contributed by atoms with E-state index in [0.29, 0.717) is 11.0 Å². The van der Waals surface area contributed by atoms with Gasteiger partial charge in [0.2, 0.25) is 0 Å². The van der Waals surface area contributed by atoms with Crippen molar-refractivity contribution in [3.05, 3.63) is 65.2 Å². The highest BCUT2D eigenvalue weighted by Crippen LogP contribution is 2.38. The number of rotatable bonds is 4. The predicted octanol–water partition coefficient (Wildman–Crippen LogP) is 4.96. The van der Waals surface area contributed by atoms with Crippen LogP contribution >= 0.6 is 12.2 Å². The van der Waals surface area contributed by atoms with E-state index in [1.807, 2.05) is 24.3 Å². The van der Waals surface area contributed by atoms with Crippen molar-refractivity contribution in [1.82, 2.24) is 5.32 Å². The lowest BCUT2D eigenvalue weighted by Crippen LogP contribution is -2.42. The number of thiocarbonyl (C=S) groups is 1. The SMILES string of the molecule is COc1ccc(C=C2CCCC3C2=NC(=S)NC3c2ccc(OC)cc2)cc1. The summed E-state index contributed by atoms with van der Waals surface area (Å²) >= 11 is 5.48. The molecular weight excluding hydrogens is 368 g/mol. The first kappa shape index (κ1) is 18.7. The molecule has 0 bridgehead atoms. The number of allylic oxidation sites excluding steroid dienone is 1. The zero-order valence-electron chi connectivity index (χ0n) is 16.1. The summed E-state index contributed by atoms with van der Waals surface area (Å²) in [5.41, 5.74) is 4.78. The van der Waals surface area contributed by atoms with E-state index in [1.54, 1.807) is 14.2 Å². The number of hydrogen-bond donors (Lipinski definition) is 1. The van der Waals surface area contributed by atoms with Gasteiger partial charge in [-0.2, -0.15) is 0 Å². The van der Waals surface area contributed by atoms with Gasteiger partial charge in [0.05, 0.1) is 26.0 Å². The van der Waals surface area contributed by atoms with Crippen LogP contribution in [0.3, 0.4) is 0 Å². The second-order valence-corrected chi connectivity index (χ2v) is 7.53. The van der Waals surface area contributed by atoms with Gasteiger partial charge in [0.1, 0.15) is 11.5 Å². The second kappa shape index (κ2) is 8.15. The third-order valence-electron chi connectivity index (χ3n) is 5.48. The fourth-order valence-corrected chi connectivity index (χ4v) is 4.27. The Morgan fingerprint density at radius 1 is 1.00 bits per heavy atom. The van der Waals surface area contributed by atoms with Crippen molar-refractivity contribution in [1.29, 1.82) is 0 Å². The van der Waals surface area contributed by atoms with Gasteiger partial charge in [0.25, 0.3) is 0 Å². The normalized spacial score (nSPS) is 22.9. The van der Waals surface area contributed by atoms with E-state index in [4.69, 9.17) is 26.7 Å². The summed E-state index contributed by atoms with van der Waals surface area (Å²) in [7, 11) is 3.37. The van der Waals surface area contributed by atoms with Gasteiger partial charge in [0.15, 0.2) is 5.11 Å². The first-order valence-electron chi connectivity index (χ1n) is 9.56. The Balaban J connectivity index is 1.65. The molecule has 144 valence electrons. The topological polar surface area (TPSA) is 42.8 Å². The van der Waals surface area contributed by atoms with Gasteiger partial charge in [0, 0.05) is 5.92 Å². The summed E-state index contributed by atoms with van der Waals surface area (Å²) in [4.78, 5) is 4.74. The highest BCUT2D eigenvalue weighted by molar-refractivity contribution is 7.80. The lowest BCUT2D eigenvalue weighted by molar-refractivity contribution is 0.412. The van der Waals surface area contributed by atoms with E-state index in [1.165, 1.54) is 11.1 Å². The lowest BCUT2D eigenvalue weighted by atomic mass is 9.76. The Labute approximate surface area is 171 Å². The van der Waals surface area contributed by atoms with Crippen LogP contribution < -0.4 is 14.8 Å². The number of hydrogen-bond acceptors (Lipinski definition) is 3. The van der Waals surface area contributed by atoms with Crippen LogP contribution in [0.1, 0.15) is 36.4 Å². The molecule has 0 aromatic heterocycles. The smallest absolute Gasteiger partial charge is 0.193 e. The van der Waals surface area contributed by atoms with Crippen molar-refractivity contribution < 1.29 is 9.47 Å². The van der Waals surface area contributed by atoms with Crippen LogP contribution in [0.15, 0.2) is 59.1 Å². The van der Waals surface area contributed by atoms with Crippen molar-refractivity contribution in [3.8, 4) is 11.5 Å². The maximum Gasteiger partial charge on any atom is 0.193 e. The third-order valence-corrected chi connectivity index (χ3v) is 5.69. The minimum atomic E-state index is 0.144. The fraction of sp³-hybridized carbons (Fsp3) is 0.304. The Morgan fingerprint density at radius 2 is 1.64 bits per heavy atom. The molecule has 2 aromatic carbocycles. The second-order valence-electron chi connectivity index (χ2n) is 7.14. The van der Waals surface area contributed by atoms with E-state index >= 15 is 0 Å². The minimum Gasteiger partial charge on any atom is -0.497 e. The molecule has 1 aliphatic carbocycles. The van der Waals surface area contributed by atoms with Gasteiger partial charge in [-0.25, -0.2) is 4.99 Å². The minimum absolute atomic E-state index is 0.144. The molecular formula is C23H24N2O2S. The van der Waals surface area contributed by atoms with Crippen LogP contribution in [0.2, 0.25) is 0 Å². The summed E-state index contributed by atoms with van der Waals surface area (Å²) in [6, 6.07) is 16.5. The van der Waals surface area contributed by atoms with Crippen molar-refractivity contribution in [3.63, 3.8) is 0 Å². The molecule has 5 heteroatoms. The van der Waals surface area contributed by atoms with E-state index in [-0.39, 0.29) is 6.04 Å². The average molecular weight is 393 g/mol. The molecule has 28 heavy (non-hydrogen) atoms. The fourth-order valence-electron chi connectivity index (χ4n) is 4.04. The standard InChI is InChI=1S/C23H24N2O2S/c1-26-18-10-6-15(7-11-18)14-17-4-3-5-20-21(24-23(28)25-22(17)20)16-8-12-19(27-2)13-9-16/h6-14,20-21H,3-5H2,1-2H3,(H,24,28). The van der Waals surface area contributed by atoms with E-state index in [9.17, 15) is 0 Å². The lowest BCUT2D eigenvalue weighted by Gasteiger charge is -2.37. The van der Waals surface area contributed by atoms with Crippen molar-refractivity contribution in [2.75, 3.05) is 14.2 Å². The summed E-state index contributed by atoms with van der Waals surface area (Å²) in [5, 5.41) is 3.99. The Hall–Kier alpha value is -2.66. The van der Waals surface area contributed by atoms with E-state index in [2.05, 4.69) is 35.7 Å². The highest BCUT2D eigenvalue weighted by atomic mass is 32.1. The largest absolute Gasteiger partial charge is 0.497 e. The Morgan fingerprint density at radius 3 is 2.29 bits per heavy atom. The van der Waals surface area contributed by atoms with Gasteiger partial charge in [-0.3, -0.25) is 0 Å². The van der Waals surface area contributed by atoms with Crippen LogP contribution in [-0.4, -0.2) is 25.0 Å². The molecule has 1 fully saturated rings. The van der Waals surface area contributed by atoms with E-state index in [0.717, 1.165) is 42.0 Å². The van der Waals surface area contributed by atoms with Crippen LogP contribution in [-0.2, 0) is 0 Å². The molecule has 0 radical (unpaired) electrons. The quantitative estimate of drug-likeness (QED) is 0.747. The van der Waals surface area contributed by atoms with Gasteiger partial charge < -0.3 is 14.8 Å². The number of benzene rings is 2. The first-order chi connectivity index (χ1) is 13.7. The summed E-state index contributed by atoms with van der Waals surface area (Å²) < 4.78 is 10.6. The predicted molar refractivity (Wildman–Crippen MR) is 117 cm³/mol. The third kappa shape index (κ3) is 3.80. The van der Waals surface area contributed by atoms with Crippen molar-refractivity contribution in [2.45, 2.75) is 25.3 Å². The summed E-state index contributed by atoms with van der Waals surface area (Å²) in [6.45, 7) is 0. The number of nitrogens with zero attached hydrogens (tertiary/aromatic N) is 1. The molecule has 2 aromatic rings. The number of nitrogens with one attached hydrogen (secondary N) is 1.